The molecule has 1 amide bonds. The van der Waals surface area contributed by atoms with Gasteiger partial charge in [0.15, 0.2) is 0 Å². The molecule has 3 rings (SSSR count). The summed E-state index contributed by atoms with van der Waals surface area (Å²) in [5, 5.41) is 13.0. The number of carbonyl (C=O) groups excluding carboxylic acids is 1. The number of aromatic nitrogens is 1. The maximum absolute atomic E-state index is 12.4. The molecule has 140 valence electrons. The Morgan fingerprint density at radius 2 is 1.78 bits per heavy atom. The molecule has 0 spiro atoms. The van der Waals surface area contributed by atoms with Crippen LogP contribution in [-0.4, -0.2) is 22.0 Å². The molecule has 0 bridgehead atoms. The second kappa shape index (κ2) is 9.28. The zero-order valence-corrected chi connectivity index (χ0v) is 15.7. The fraction of sp³-hybridized carbons (Fsp3) is 0.286. The van der Waals surface area contributed by atoms with Gasteiger partial charge in [0.2, 0.25) is 5.91 Å². The van der Waals surface area contributed by atoms with E-state index in [9.17, 15) is 9.59 Å². The molecule has 2 aromatic carbocycles. The number of aliphatic carboxylic acids is 1. The van der Waals surface area contributed by atoms with Gasteiger partial charge in [-0.15, -0.1) is 11.3 Å². The highest BCUT2D eigenvalue weighted by molar-refractivity contribution is 7.18. The Morgan fingerprint density at radius 3 is 2.52 bits per heavy atom. The zero-order valence-electron chi connectivity index (χ0n) is 14.9. The summed E-state index contributed by atoms with van der Waals surface area (Å²) in [5.41, 5.74) is 1.93. The Balaban J connectivity index is 1.53. The van der Waals surface area contributed by atoms with Gasteiger partial charge in [-0.2, -0.15) is 0 Å². The van der Waals surface area contributed by atoms with Gasteiger partial charge in [0.05, 0.1) is 21.3 Å². The van der Waals surface area contributed by atoms with Gasteiger partial charge >= 0.3 is 5.97 Å². The van der Waals surface area contributed by atoms with Gasteiger partial charge in [-0.05, 0) is 37.0 Å². The van der Waals surface area contributed by atoms with Crippen molar-refractivity contribution < 1.29 is 14.7 Å². The Bertz CT molecular complexity index is 875. The van der Waals surface area contributed by atoms with Gasteiger partial charge in [0.25, 0.3) is 0 Å². The van der Waals surface area contributed by atoms with Crippen molar-refractivity contribution in [2.45, 2.75) is 38.1 Å². The second-order valence-corrected chi connectivity index (χ2v) is 7.51. The topological polar surface area (TPSA) is 79.3 Å². The molecule has 1 atom stereocenters. The molecule has 27 heavy (non-hydrogen) atoms. The molecule has 0 fully saturated rings. The van der Waals surface area contributed by atoms with Gasteiger partial charge in [0, 0.05) is 12.8 Å². The number of amides is 1. The van der Waals surface area contributed by atoms with Gasteiger partial charge in [-0.1, -0.05) is 42.5 Å². The minimum atomic E-state index is -0.860. The van der Waals surface area contributed by atoms with Gasteiger partial charge in [0.1, 0.15) is 0 Å². The number of fused-ring (bicyclic) bond motifs is 1. The molecular weight excluding hydrogens is 360 g/mol. The highest BCUT2D eigenvalue weighted by Gasteiger charge is 2.16. The molecule has 0 saturated heterocycles. The highest BCUT2D eigenvalue weighted by Crippen LogP contribution is 2.23. The van der Waals surface area contributed by atoms with E-state index in [1.165, 1.54) is 0 Å². The molecule has 5 nitrogen and oxygen atoms in total. The molecule has 0 saturated carbocycles. The SMILES string of the molecule is O=C(O)CCC(NC(=O)CCCc1nc2ccccc2s1)c1ccccc1. The van der Waals surface area contributed by atoms with Crippen LogP contribution < -0.4 is 5.32 Å². The van der Waals surface area contributed by atoms with Crippen LogP contribution >= 0.6 is 11.3 Å². The maximum Gasteiger partial charge on any atom is 0.303 e. The van der Waals surface area contributed by atoms with E-state index in [0.29, 0.717) is 19.3 Å². The third-order valence-electron chi connectivity index (χ3n) is 4.32. The van der Waals surface area contributed by atoms with E-state index >= 15 is 0 Å². The van der Waals surface area contributed by atoms with Crippen molar-refractivity contribution in [2.75, 3.05) is 0 Å². The van der Waals surface area contributed by atoms with Crippen LogP contribution in [0, 0.1) is 0 Å². The summed E-state index contributed by atoms with van der Waals surface area (Å²) in [6, 6.07) is 17.2. The summed E-state index contributed by atoms with van der Waals surface area (Å²) >= 11 is 1.66. The number of hydrogen-bond acceptors (Lipinski definition) is 4. The summed E-state index contributed by atoms with van der Waals surface area (Å²) in [4.78, 5) is 27.9. The Hall–Kier alpha value is -2.73. The molecule has 0 aliphatic carbocycles. The van der Waals surface area contributed by atoms with E-state index in [1.807, 2.05) is 48.5 Å². The zero-order chi connectivity index (χ0) is 19.1. The molecule has 3 aromatic rings. The van der Waals surface area contributed by atoms with E-state index in [2.05, 4.69) is 16.4 Å². The van der Waals surface area contributed by atoms with Crippen molar-refractivity contribution in [3.8, 4) is 0 Å². The first kappa shape index (κ1) is 19.0. The second-order valence-electron chi connectivity index (χ2n) is 6.39. The van der Waals surface area contributed by atoms with Crippen LogP contribution in [0.3, 0.4) is 0 Å². The molecule has 1 heterocycles. The lowest BCUT2D eigenvalue weighted by Gasteiger charge is -2.18. The molecule has 1 aromatic heterocycles. The molecular formula is C21H22N2O3S. The highest BCUT2D eigenvalue weighted by atomic mass is 32.1. The Morgan fingerprint density at radius 1 is 1.04 bits per heavy atom. The van der Waals surface area contributed by atoms with Crippen molar-refractivity contribution in [1.29, 1.82) is 0 Å². The van der Waals surface area contributed by atoms with Gasteiger partial charge < -0.3 is 10.4 Å². The van der Waals surface area contributed by atoms with Crippen LogP contribution in [0.1, 0.15) is 42.3 Å². The van der Waals surface area contributed by atoms with E-state index in [1.54, 1.807) is 11.3 Å². The van der Waals surface area contributed by atoms with E-state index < -0.39 is 5.97 Å². The van der Waals surface area contributed by atoms with Crippen LogP contribution in [0.5, 0.6) is 0 Å². The molecule has 1 unspecified atom stereocenters. The number of hydrogen-bond donors (Lipinski definition) is 2. The van der Waals surface area contributed by atoms with Crippen molar-refractivity contribution in [3.63, 3.8) is 0 Å². The first-order valence-corrected chi connectivity index (χ1v) is 9.84. The number of para-hydroxylation sites is 1. The fourth-order valence-electron chi connectivity index (χ4n) is 2.97. The molecule has 0 aliphatic rings. The third kappa shape index (κ3) is 5.62. The number of thiazole rings is 1. The smallest absolute Gasteiger partial charge is 0.303 e. The Labute approximate surface area is 162 Å². The quantitative estimate of drug-likeness (QED) is 0.577. The lowest BCUT2D eigenvalue weighted by atomic mass is 10.0. The number of nitrogens with one attached hydrogen (secondary N) is 1. The van der Waals surface area contributed by atoms with E-state index in [-0.39, 0.29) is 18.4 Å². The number of benzene rings is 2. The third-order valence-corrected chi connectivity index (χ3v) is 5.41. The van der Waals surface area contributed by atoms with Crippen LogP contribution in [-0.2, 0) is 16.0 Å². The maximum atomic E-state index is 12.4. The molecule has 2 N–H and O–H groups in total. The standard InChI is InChI=1S/C21H22N2O3S/c24-19(11-6-12-20-23-17-9-4-5-10-18(17)27-20)22-16(13-14-21(25)26)15-7-2-1-3-8-15/h1-5,7-10,16H,6,11-14H2,(H,22,24)(H,25,26). The predicted molar refractivity (Wildman–Crippen MR) is 107 cm³/mol. The van der Waals surface area contributed by atoms with Crippen LogP contribution in [0.2, 0.25) is 0 Å². The van der Waals surface area contributed by atoms with Crippen molar-refractivity contribution in [3.05, 3.63) is 65.2 Å². The van der Waals surface area contributed by atoms with Crippen molar-refractivity contribution >= 4 is 33.4 Å². The van der Waals surface area contributed by atoms with Gasteiger partial charge in [-0.25, -0.2) is 4.98 Å². The number of carboxylic acid groups (broad SMARTS) is 1. The summed E-state index contributed by atoms with van der Waals surface area (Å²) in [6.45, 7) is 0. The summed E-state index contributed by atoms with van der Waals surface area (Å²) in [5.74, 6) is -0.920. The van der Waals surface area contributed by atoms with E-state index in [4.69, 9.17) is 5.11 Å². The number of aryl methyl sites for hydroxylation is 1. The van der Waals surface area contributed by atoms with Crippen molar-refractivity contribution in [1.82, 2.24) is 10.3 Å². The van der Waals surface area contributed by atoms with Crippen LogP contribution in [0.4, 0.5) is 0 Å². The summed E-state index contributed by atoms with van der Waals surface area (Å²) < 4.78 is 1.16. The normalized spacial score (nSPS) is 12.0. The molecule has 0 aliphatic heterocycles. The average Bonchev–Trinajstić information content (AvgIpc) is 3.08. The number of rotatable bonds is 9. The predicted octanol–water partition coefficient (Wildman–Crippen LogP) is 4.34. The van der Waals surface area contributed by atoms with E-state index in [0.717, 1.165) is 27.2 Å². The van der Waals surface area contributed by atoms with Gasteiger partial charge in [-0.3, -0.25) is 9.59 Å². The lowest BCUT2D eigenvalue weighted by molar-refractivity contribution is -0.137. The largest absolute Gasteiger partial charge is 0.481 e. The average molecular weight is 382 g/mol. The first-order chi connectivity index (χ1) is 13.1. The first-order valence-electron chi connectivity index (χ1n) is 9.02. The van der Waals surface area contributed by atoms with Crippen molar-refractivity contribution in [2.24, 2.45) is 0 Å². The number of carboxylic acids is 1. The van der Waals surface area contributed by atoms with Crippen LogP contribution in [0.15, 0.2) is 54.6 Å². The lowest BCUT2D eigenvalue weighted by Crippen LogP contribution is -2.28. The number of carbonyl (C=O) groups is 2. The summed E-state index contributed by atoms with van der Waals surface area (Å²) in [7, 11) is 0. The molecule has 6 heteroatoms. The fourth-order valence-corrected chi connectivity index (χ4v) is 3.98. The monoisotopic (exact) mass is 382 g/mol. The van der Waals surface area contributed by atoms with Crippen LogP contribution in [0.25, 0.3) is 10.2 Å². The Kier molecular flexibility index (Phi) is 6.54. The molecule has 0 radical (unpaired) electrons. The summed E-state index contributed by atoms with van der Waals surface area (Å²) in [6.07, 6.45) is 2.27. The number of nitrogens with zero attached hydrogens (tertiary/aromatic N) is 1. The minimum Gasteiger partial charge on any atom is -0.481 e. The minimum absolute atomic E-state index is 0.0194.